The van der Waals surface area contributed by atoms with Crippen molar-refractivity contribution in [3.8, 4) is 11.6 Å². The molecule has 0 aliphatic carbocycles. The molecule has 0 saturated carbocycles. The van der Waals surface area contributed by atoms with Crippen LogP contribution in [0.1, 0.15) is 37.5 Å². The quantitative estimate of drug-likeness (QED) is 0.555. The average molecular weight is 399 g/mol. The number of aryl methyl sites for hydroxylation is 1. The Morgan fingerprint density at radius 3 is 2.53 bits per heavy atom. The first-order valence-corrected chi connectivity index (χ1v) is 9.91. The minimum Gasteiger partial charge on any atom is -0.437 e. The molecule has 6 nitrogen and oxygen atoms in total. The summed E-state index contributed by atoms with van der Waals surface area (Å²) in [5, 5.41) is 11.8. The van der Waals surface area contributed by atoms with E-state index >= 15 is 0 Å². The minimum atomic E-state index is -1.04. The van der Waals surface area contributed by atoms with E-state index in [9.17, 15) is 0 Å². The number of nitrogens with zero attached hydrogens (tertiary/aromatic N) is 4. The second kappa shape index (κ2) is 7.71. The molecule has 2 heterocycles. The lowest BCUT2D eigenvalue weighted by Gasteiger charge is -2.26. The number of anilines is 1. The molecule has 1 aliphatic heterocycles. The van der Waals surface area contributed by atoms with E-state index in [1.807, 2.05) is 61.5 Å². The first-order valence-electron chi connectivity index (χ1n) is 9.91. The van der Waals surface area contributed by atoms with Gasteiger partial charge in [0, 0.05) is 17.3 Å². The van der Waals surface area contributed by atoms with Crippen LogP contribution in [0.25, 0.3) is 0 Å². The molecule has 4 rings (SSSR count). The van der Waals surface area contributed by atoms with E-state index in [1.165, 1.54) is 6.34 Å². The third-order valence-corrected chi connectivity index (χ3v) is 4.90. The normalized spacial score (nSPS) is 17.9. The molecule has 0 saturated heterocycles. The molecule has 1 aliphatic rings. The Labute approximate surface area is 176 Å². The van der Waals surface area contributed by atoms with E-state index in [2.05, 4.69) is 52.4 Å². The molecule has 0 bridgehead atoms. The van der Waals surface area contributed by atoms with Crippen LogP contribution in [0.2, 0.25) is 0 Å². The predicted molar refractivity (Wildman–Crippen MR) is 119 cm³/mol. The maximum Gasteiger partial charge on any atom is 0.273 e. The monoisotopic (exact) mass is 399 g/mol. The van der Waals surface area contributed by atoms with Gasteiger partial charge in [-0.3, -0.25) is 0 Å². The lowest BCUT2D eigenvalue weighted by atomic mass is 9.86. The standard InChI is InChI=1S/C24H25N5O/c1-17-9-7-10-18(15-17)24(26-16-27-29-24)28-20-12-8-14-25-22(20)30-21-13-6-5-11-19(21)23(2,3)4/h5-16,28H,1-4H3. The van der Waals surface area contributed by atoms with Crippen molar-refractivity contribution in [3.63, 3.8) is 0 Å². The van der Waals surface area contributed by atoms with Crippen LogP contribution >= 0.6 is 0 Å². The number of benzene rings is 2. The smallest absolute Gasteiger partial charge is 0.273 e. The third kappa shape index (κ3) is 3.94. The second-order valence-electron chi connectivity index (χ2n) is 8.33. The Hall–Kier alpha value is -3.54. The number of nitrogens with one attached hydrogen (secondary N) is 1. The third-order valence-electron chi connectivity index (χ3n) is 4.90. The first kappa shape index (κ1) is 19.8. The fourth-order valence-electron chi connectivity index (χ4n) is 3.40. The number of hydrogen-bond acceptors (Lipinski definition) is 6. The van der Waals surface area contributed by atoms with Crippen molar-refractivity contribution in [1.82, 2.24) is 4.98 Å². The number of pyridine rings is 1. The van der Waals surface area contributed by atoms with Gasteiger partial charge in [-0.1, -0.05) is 62.7 Å². The zero-order valence-corrected chi connectivity index (χ0v) is 17.6. The number of aliphatic imine (C=N–C) groups is 1. The van der Waals surface area contributed by atoms with Crippen molar-refractivity contribution >= 4 is 12.0 Å². The van der Waals surface area contributed by atoms with Crippen LogP contribution in [-0.2, 0) is 11.2 Å². The van der Waals surface area contributed by atoms with Gasteiger partial charge in [-0.2, -0.15) is 0 Å². The van der Waals surface area contributed by atoms with Gasteiger partial charge in [0.25, 0.3) is 5.79 Å². The summed E-state index contributed by atoms with van der Waals surface area (Å²) in [6.07, 6.45) is 3.17. The lowest BCUT2D eigenvalue weighted by Crippen LogP contribution is -2.29. The van der Waals surface area contributed by atoms with E-state index in [0.29, 0.717) is 11.6 Å². The van der Waals surface area contributed by atoms with Crippen LogP contribution in [0.5, 0.6) is 11.6 Å². The number of ether oxygens (including phenoxy) is 1. The molecule has 152 valence electrons. The summed E-state index contributed by atoms with van der Waals surface area (Å²) in [4.78, 5) is 9.00. The molecule has 0 amide bonds. The van der Waals surface area contributed by atoms with E-state index < -0.39 is 5.79 Å². The Balaban J connectivity index is 1.71. The Morgan fingerprint density at radius 1 is 0.967 bits per heavy atom. The van der Waals surface area contributed by atoms with Gasteiger partial charge in [-0.05, 0) is 36.6 Å². The molecular formula is C24H25N5O. The van der Waals surface area contributed by atoms with Crippen molar-refractivity contribution in [2.75, 3.05) is 5.32 Å². The van der Waals surface area contributed by atoms with Gasteiger partial charge in [-0.15, -0.1) is 10.2 Å². The van der Waals surface area contributed by atoms with Crippen molar-refractivity contribution < 1.29 is 4.74 Å². The van der Waals surface area contributed by atoms with Crippen molar-refractivity contribution in [2.45, 2.75) is 38.9 Å². The summed E-state index contributed by atoms with van der Waals surface area (Å²) in [5.41, 5.74) is 3.73. The minimum absolute atomic E-state index is 0.0638. The maximum atomic E-state index is 6.28. The van der Waals surface area contributed by atoms with Crippen LogP contribution in [0.15, 0.2) is 82.1 Å². The Bertz CT molecular complexity index is 1100. The molecule has 1 atom stereocenters. The molecule has 1 N–H and O–H groups in total. The van der Waals surface area contributed by atoms with Crippen LogP contribution in [0.3, 0.4) is 0 Å². The zero-order valence-electron chi connectivity index (χ0n) is 17.6. The van der Waals surface area contributed by atoms with Gasteiger partial charge in [0.15, 0.2) is 0 Å². The predicted octanol–water partition coefficient (Wildman–Crippen LogP) is 6.20. The highest BCUT2D eigenvalue weighted by atomic mass is 16.5. The Kier molecular flexibility index (Phi) is 5.08. The van der Waals surface area contributed by atoms with Gasteiger partial charge < -0.3 is 10.1 Å². The molecule has 0 spiro atoms. The van der Waals surface area contributed by atoms with Crippen LogP contribution < -0.4 is 10.1 Å². The van der Waals surface area contributed by atoms with Crippen molar-refractivity contribution in [3.05, 3.63) is 83.6 Å². The van der Waals surface area contributed by atoms with Gasteiger partial charge in [0.2, 0.25) is 5.88 Å². The summed E-state index contributed by atoms with van der Waals surface area (Å²) in [7, 11) is 0. The molecule has 0 fully saturated rings. The number of aromatic nitrogens is 1. The van der Waals surface area contributed by atoms with Gasteiger partial charge in [0.1, 0.15) is 17.8 Å². The summed E-state index contributed by atoms with van der Waals surface area (Å²) in [6.45, 7) is 8.52. The summed E-state index contributed by atoms with van der Waals surface area (Å²) >= 11 is 0. The number of hydrogen-bond donors (Lipinski definition) is 1. The van der Waals surface area contributed by atoms with Gasteiger partial charge in [0.05, 0.1) is 0 Å². The highest BCUT2D eigenvalue weighted by Gasteiger charge is 2.35. The van der Waals surface area contributed by atoms with Crippen LogP contribution in [-0.4, -0.2) is 11.3 Å². The second-order valence-corrected chi connectivity index (χ2v) is 8.33. The molecule has 1 aromatic heterocycles. The van der Waals surface area contributed by atoms with Crippen molar-refractivity contribution in [2.24, 2.45) is 15.2 Å². The zero-order chi connectivity index (χ0) is 21.2. The number of azo groups is 1. The molecule has 1 unspecified atom stereocenters. The Morgan fingerprint density at radius 2 is 1.80 bits per heavy atom. The highest BCUT2D eigenvalue weighted by molar-refractivity contribution is 5.63. The molecular weight excluding hydrogens is 374 g/mol. The summed E-state index contributed by atoms with van der Waals surface area (Å²) < 4.78 is 6.28. The van der Waals surface area contributed by atoms with Gasteiger partial charge in [-0.25, -0.2) is 9.98 Å². The fourth-order valence-corrected chi connectivity index (χ4v) is 3.40. The van der Waals surface area contributed by atoms with E-state index in [-0.39, 0.29) is 5.41 Å². The van der Waals surface area contributed by atoms with E-state index in [4.69, 9.17) is 4.74 Å². The van der Waals surface area contributed by atoms with E-state index in [0.717, 1.165) is 22.4 Å². The maximum absolute atomic E-state index is 6.28. The van der Waals surface area contributed by atoms with Crippen molar-refractivity contribution in [1.29, 1.82) is 0 Å². The molecule has 3 aromatic rings. The summed E-state index contributed by atoms with van der Waals surface area (Å²) in [6, 6.07) is 19.8. The molecule has 6 heteroatoms. The largest absolute Gasteiger partial charge is 0.437 e. The SMILES string of the molecule is Cc1cccc(C2(Nc3cccnc3Oc3ccccc3C(C)(C)C)N=CN=N2)c1. The molecule has 0 radical (unpaired) electrons. The number of para-hydroxylation sites is 1. The molecule has 30 heavy (non-hydrogen) atoms. The van der Waals surface area contributed by atoms with E-state index in [1.54, 1.807) is 6.20 Å². The first-order chi connectivity index (χ1) is 14.4. The average Bonchev–Trinajstić information content (AvgIpc) is 3.19. The highest BCUT2D eigenvalue weighted by Crippen LogP contribution is 2.39. The number of rotatable bonds is 5. The summed E-state index contributed by atoms with van der Waals surface area (Å²) in [5.74, 6) is 0.183. The lowest BCUT2D eigenvalue weighted by molar-refractivity contribution is 0.438. The molecule has 2 aromatic carbocycles. The van der Waals surface area contributed by atoms with Gasteiger partial charge >= 0.3 is 0 Å². The van der Waals surface area contributed by atoms with Crippen LogP contribution in [0.4, 0.5) is 5.69 Å². The van der Waals surface area contributed by atoms with Crippen LogP contribution in [0, 0.1) is 6.92 Å². The topological polar surface area (TPSA) is 71.2 Å². The fraction of sp³-hybridized carbons (Fsp3) is 0.250.